The molecular formula is C23H23N. The molecule has 1 aromatic heterocycles. The van der Waals surface area contributed by atoms with E-state index in [1.54, 1.807) is 11.1 Å². The summed E-state index contributed by atoms with van der Waals surface area (Å²) >= 11 is 0. The van der Waals surface area contributed by atoms with Crippen LogP contribution in [0.2, 0.25) is 0 Å². The maximum atomic E-state index is 8.36. The van der Waals surface area contributed by atoms with E-state index in [4.69, 9.17) is 6.35 Å². The van der Waals surface area contributed by atoms with Crippen molar-refractivity contribution in [3.05, 3.63) is 64.8 Å². The number of nitrogens with zero attached hydrogens (tertiary/aromatic N) is 1. The Morgan fingerprint density at radius 1 is 0.958 bits per heavy atom. The smallest absolute Gasteiger partial charge is 0.0786 e. The average Bonchev–Trinajstić information content (AvgIpc) is 2.65. The molecule has 2 aromatic carbocycles. The topological polar surface area (TPSA) is 12.9 Å². The lowest BCUT2D eigenvalue weighted by atomic mass is 9.66. The molecule has 3 aliphatic rings. The van der Waals surface area contributed by atoms with Crippen LogP contribution < -0.4 is 0 Å². The highest BCUT2D eigenvalue weighted by molar-refractivity contribution is 5.95. The van der Waals surface area contributed by atoms with Crippen LogP contribution >= 0.6 is 0 Å². The van der Waals surface area contributed by atoms with E-state index >= 15 is 0 Å². The van der Waals surface area contributed by atoms with Crippen LogP contribution in [-0.2, 0) is 0 Å². The molecule has 1 fully saturated rings. The third-order valence-electron chi connectivity index (χ3n) is 6.07. The molecule has 6 rings (SSSR count). The Labute approximate surface area is 145 Å². The van der Waals surface area contributed by atoms with E-state index in [0.29, 0.717) is 6.04 Å². The highest BCUT2D eigenvalue weighted by Crippen LogP contribution is 2.50. The number of aromatic nitrogens is 1. The summed E-state index contributed by atoms with van der Waals surface area (Å²) in [5.74, 6) is 1.51. The van der Waals surface area contributed by atoms with Crippen LogP contribution in [0.5, 0.6) is 0 Å². The van der Waals surface area contributed by atoms with Gasteiger partial charge in [-0.3, -0.25) is 4.98 Å². The minimum absolute atomic E-state index is 0.550. The molecule has 1 heteroatoms. The molecule has 0 spiro atoms. The van der Waals surface area contributed by atoms with Gasteiger partial charge in [0.2, 0.25) is 0 Å². The Morgan fingerprint density at radius 2 is 1.62 bits per heavy atom. The normalized spacial score (nSPS) is 22.5. The Bertz CT molecular complexity index is 997. The summed E-state index contributed by atoms with van der Waals surface area (Å²) in [4.78, 5) is 4.86. The number of aryl methyl sites for hydroxylation is 2. The summed E-state index contributed by atoms with van der Waals surface area (Å²) in [5, 5.41) is 2.10. The number of hydrogen-bond donors (Lipinski definition) is 0. The molecular weight excluding hydrogens is 290 g/mol. The lowest BCUT2D eigenvalue weighted by Crippen LogP contribution is -2.21. The van der Waals surface area contributed by atoms with Crippen molar-refractivity contribution < 1.29 is 1.37 Å². The second-order valence-electron chi connectivity index (χ2n) is 7.56. The van der Waals surface area contributed by atoms with Crippen molar-refractivity contribution in [1.29, 1.82) is 0 Å². The zero-order valence-electron chi connectivity index (χ0n) is 15.4. The molecule has 3 aromatic rings. The van der Waals surface area contributed by atoms with E-state index in [0.717, 1.165) is 34.0 Å². The van der Waals surface area contributed by atoms with Crippen LogP contribution in [0.4, 0.5) is 0 Å². The van der Waals surface area contributed by atoms with Gasteiger partial charge in [0.15, 0.2) is 0 Å². The average molecular weight is 314 g/mol. The Kier molecular flexibility index (Phi) is 2.84. The predicted octanol–water partition coefficient (Wildman–Crippen LogP) is 6.27. The number of fused-ring (bicyclic) bond motifs is 3. The molecule has 0 saturated heterocycles. The first-order valence-electron chi connectivity index (χ1n) is 9.64. The lowest BCUT2D eigenvalue weighted by Gasteiger charge is -2.39. The van der Waals surface area contributed by atoms with Crippen LogP contribution in [-0.4, -0.2) is 4.98 Å². The molecule has 24 heavy (non-hydrogen) atoms. The molecule has 120 valence electrons. The van der Waals surface area contributed by atoms with Gasteiger partial charge in [-0.15, -0.1) is 0 Å². The largest absolute Gasteiger partial charge is 0.252 e. The van der Waals surface area contributed by atoms with Gasteiger partial charge in [-0.05, 0) is 85.6 Å². The van der Waals surface area contributed by atoms with Gasteiger partial charge >= 0.3 is 0 Å². The van der Waals surface area contributed by atoms with Gasteiger partial charge in [0.1, 0.15) is 0 Å². The highest BCUT2D eigenvalue weighted by atomic mass is 14.7. The van der Waals surface area contributed by atoms with Gasteiger partial charge in [0.25, 0.3) is 0 Å². The van der Waals surface area contributed by atoms with Crippen LogP contribution in [0.15, 0.2) is 42.4 Å². The van der Waals surface area contributed by atoms with Crippen LogP contribution in [0.3, 0.4) is 0 Å². The van der Waals surface area contributed by atoms with Crippen LogP contribution in [0.1, 0.15) is 61.3 Å². The Hall–Kier alpha value is -2.15. The van der Waals surface area contributed by atoms with E-state index in [1.165, 1.54) is 36.8 Å². The van der Waals surface area contributed by atoms with Gasteiger partial charge in [-0.1, -0.05) is 30.3 Å². The summed E-state index contributed by atoms with van der Waals surface area (Å²) in [6, 6.07) is 13.6. The third-order valence-corrected chi connectivity index (χ3v) is 6.07. The SMILES string of the molecule is [2H]c1c(C)nc(-c2cc3c(cc2C)C2CCC3CC2)c2ccccc12. The summed E-state index contributed by atoms with van der Waals surface area (Å²) in [5.41, 5.74) is 7.60. The fraction of sp³-hybridized carbons (Fsp3) is 0.348. The summed E-state index contributed by atoms with van der Waals surface area (Å²) in [6.45, 7) is 4.17. The van der Waals surface area contributed by atoms with Crippen molar-refractivity contribution in [1.82, 2.24) is 4.98 Å². The van der Waals surface area contributed by atoms with Gasteiger partial charge < -0.3 is 0 Å². The van der Waals surface area contributed by atoms with E-state index in [-0.39, 0.29) is 0 Å². The van der Waals surface area contributed by atoms with Crippen molar-refractivity contribution in [2.45, 2.75) is 51.4 Å². The van der Waals surface area contributed by atoms with Crippen molar-refractivity contribution in [3.8, 4) is 11.3 Å². The standard InChI is InChI=1S/C23H23N/c1-14-11-21-16-7-9-17(10-8-16)22(21)13-20(14)23-19-6-4-3-5-18(19)12-15(2)24-23/h3-6,11-13,16-17H,7-10H2,1-2H3/i12D. The van der Waals surface area contributed by atoms with E-state index in [9.17, 15) is 0 Å². The molecule has 0 N–H and O–H groups in total. The molecule has 0 unspecified atom stereocenters. The van der Waals surface area contributed by atoms with Gasteiger partial charge in [-0.2, -0.15) is 0 Å². The number of rotatable bonds is 1. The second kappa shape index (κ2) is 5.17. The minimum atomic E-state index is 0.550. The van der Waals surface area contributed by atoms with Crippen molar-refractivity contribution in [2.75, 3.05) is 0 Å². The maximum absolute atomic E-state index is 8.36. The second-order valence-corrected chi connectivity index (χ2v) is 7.56. The van der Waals surface area contributed by atoms with Crippen molar-refractivity contribution in [3.63, 3.8) is 0 Å². The fourth-order valence-electron chi connectivity index (χ4n) is 4.88. The van der Waals surface area contributed by atoms with Crippen molar-refractivity contribution >= 4 is 10.8 Å². The highest BCUT2D eigenvalue weighted by Gasteiger charge is 2.33. The first-order chi connectivity index (χ1) is 12.1. The fourth-order valence-corrected chi connectivity index (χ4v) is 4.88. The van der Waals surface area contributed by atoms with E-state index < -0.39 is 0 Å². The molecule has 3 aliphatic carbocycles. The monoisotopic (exact) mass is 314 g/mol. The van der Waals surface area contributed by atoms with Crippen LogP contribution in [0, 0.1) is 13.8 Å². The predicted molar refractivity (Wildman–Crippen MR) is 101 cm³/mol. The van der Waals surface area contributed by atoms with Gasteiger partial charge in [0, 0.05) is 16.6 Å². The lowest BCUT2D eigenvalue weighted by molar-refractivity contribution is 0.358. The number of pyridine rings is 1. The molecule has 1 saturated carbocycles. The maximum Gasteiger partial charge on any atom is 0.0786 e. The van der Waals surface area contributed by atoms with Gasteiger partial charge in [0.05, 0.1) is 7.06 Å². The first-order valence-corrected chi connectivity index (χ1v) is 9.14. The third kappa shape index (κ3) is 2.04. The van der Waals surface area contributed by atoms with Crippen LogP contribution in [0.25, 0.3) is 22.0 Å². The van der Waals surface area contributed by atoms with Crippen molar-refractivity contribution in [2.24, 2.45) is 0 Å². The van der Waals surface area contributed by atoms with E-state index in [1.807, 2.05) is 19.1 Å². The zero-order chi connectivity index (χ0) is 17.1. The summed E-state index contributed by atoms with van der Waals surface area (Å²) in [6.07, 6.45) is 5.42. The number of benzene rings is 2. The molecule has 1 nitrogen and oxygen atoms in total. The Balaban J connectivity index is 1.79. The Morgan fingerprint density at radius 3 is 2.38 bits per heavy atom. The molecule has 0 radical (unpaired) electrons. The molecule has 0 aliphatic heterocycles. The first kappa shape index (κ1) is 13.2. The molecule has 0 atom stereocenters. The number of hydrogen-bond acceptors (Lipinski definition) is 1. The van der Waals surface area contributed by atoms with E-state index in [2.05, 4.69) is 31.2 Å². The minimum Gasteiger partial charge on any atom is -0.252 e. The quantitative estimate of drug-likeness (QED) is 0.515. The van der Waals surface area contributed by atoms with Gasteiger partial charge in [-0.25, -0.2) is 0 Å². The zero-order valence-corrected chi connectivity index (χ0v) is 14.4. The summed E-state index contributed by atoms with van der Waals surface area (Å²) < 4.78 is 8.36. The molecule has 1 heterocycles. The summed E-state index contributed by atoms with van der Waals surface area (Å²) in [7, 11) is 0. The molecule has 2 bridgehead atoms. The molecule has 0 amide bonds.